The van der Waals surface area contributed by atoms with E-state index in [0.717, 1.165) is 20.2 Å². The number of hydrogen-bond donors (Lipinski definition) is 1. The molecule has 78 valence electrons. The summed E-state index contributed by atoms with van der Waals surface area (Å²) in [5, 5.41) is 3.74. The van der Waals surface area contributed by atoms with Crippen LogP contribution >= 0.6 is 27.7 Å². The summed E-state index contributed by atoms with van der Waals surface area (Å²) in [5.74, 6) is 0.384. The van der Waals surface area contributed by atoms with Gasteiger partial charge in [0, 0.05) is 10.7 Å². The number of aromatic nitrogens is 1. The molecular weight excluding hydrogens is 280 g/mol. The molecule has 1 N–H and O–H groups in total. The van der Waals surface area contributed by atoms with Crippen LogP contribution in [-0.4, -0.2) is 18.1 Å². The topological polar surface area (TPSA) is 51.2 Å². The summed E-state index contributed by atoms with van der Waals surface area (Å²) in [7, 11) is 1.35. The highest BCUT2D eigenvalue weighted by molar-refractivity contribution is 9.10. The van der Waals surface area contributed by atoms with Crippen molar-refractivity contribution in [1.29, 1.82) is 0 Å². The van der Waals surface area contributed by atoms with Crippen LogP contribution in [0, 0.1) is 0 Å². The molecule has 0 spiro atoms. The van der Waals surface area contributed by atoms with Crippen molar-refractivity contribution in [2.24, 2.45) is 0 Å². The van der Waals surface area contributed by atoms with Crippen molar-refractivity contribution < 1.29 is 9.53 Å². The van der Waals surface area contributed by atoms with Crippen LogP contribution in [0.15, 0.2) is 32.7 Å². The Hall–Kier alpha value is -1.01. The van der Waals surface area contributed by atoms with Crippen LogP contribution in [0.4, 0.5) is 5.82 Å². The molecule has 0 radical (unpaired) electrons. The largest absolute Gasteiger partial charge is 0.466 e. The third-order valence-electron chi connectivity index (χ3n) is 1.73. The van der Waals surface area contributed by atoms with E-state index in [1.54, 1.807) is 6.20 Å². The number of esters is 1. The fourth-order valence-electron chi connectivity index (χ4n) is 1.08. The van der Waals surface area contributed by atoms with Gasteiger partial charge in [-0.15, -0.1) is 0 Å². The first-order valence-electron chi connectivity index (χ1n) is 4.09. The van der Waals surface area contributed by atoms with E-state index in [9.17, 15) is 4.79 Å². The Balaban J connectivity index is 2.22. The molecule has 1 aliphatic heterocycles. The quantitative estimate of drug-likeness (QED) is 0.635. The minimum atomic E-state index is -0.378. The van der Waals surface area contributed by atoms with Crippen molar-refractivity contribution in [3.05, 3.63) is 27.8 Å². The molecule has 15 heavy (non-hydrogen) atoms. The second kappa shape index (κ2) is 4.24. The summed E-state index contributed by atoms with van der Waals surface area (Å²) < 4.78 is 5.45. The van der Waals surface area contributed by atoms with E-state index in [0.29, 0.717) is 0 Å². The Bertz CT molecular complexity index is 448. The maximum atomic E-state index is 11.0. The number of anilines is 1. The van der Waals surface area contributed by atoms with E-state index in [1.165, 1.54) is 24.9 Å². The fourth-order valence-corrected chi connectivity index (χ4v) is 2.49. The van der Waals surface area contributed by atoms with Gasteiger partial charge < -0.3 is 10.1 Å². The Morgan fingerprint density at radius 1 is 1.73 bits per heavy atom. The summed E-state index contributed by atoms with van der Waals surface area (Å²) >= 11 is 4.79. The fraction of sp³-hybridized carbons (Fsp3) is 0.111. The monoisotopic (exact) mass is 286 g/mol. The van der Waals surface area contributed by atoms with Crippen LogP contribution in [0.3, 0.4) is 0 Å². The van der Waals surface area contributed by atoms with Crippen LogP contribution in [0.5, 0.6) is 0 Å². The molecule has 0 aliphatic carbocycles. The number of rotatable bonds is 1. The SMILES string of the molecule is COC(=O)/C=C1\Nc2ncc(Br)cc2S1. The van der Waals surface area contributed by atoms with E-state index in [4.69, 9.17) is 0 Å². The van der Waals surface area contributed by atoms with Crippen LogP contribution < -0.4 is 5.32 Å². The molecule has 1 aliphatic rings. The van der Waals surface area contributed by atoms with Gasteiger partial charge in [0.15, 0.2) is 0 Å². The molecular formula is C9H7BrN2O2S. The number of halogens is 1. The molecule has 0 unspecified atom stereocenters. The zero-order valence-corrected chi connectivity index (χ0v) is 10.2. The molecule has 0 fully saturated rings. The maximum Gasteiger partial charge on any atom is 0.333 e. The number of carbonyl (C=O) groups is 1. The minimum absolute atomic E-state index is 0.378. The Morgan fingerprint density at radius 2 is 2.53 bits per heavy atom. The number of thioether (sulfide) groups is 1. The number of pyridine rings is 1. The first kappa shape index (κ1) is 10.5. The van der Waals surface area contributed by atoms with E-state index in [-0.39, 0.29) is 5.97 Å². The highest BCUT2D eigenvalue weighted by Gasteiger charge is 2.18. The van der Waals surface area contributed by atoms with Gasteiger partial charge in [0.25, 0.3) is 0 Å². The van der Waals surface area contributed by atoms with Crippen LogP contribution in [0.25, 0.3) is 0 Å². The van der Waals surface area contributed by atoms with Gasteiger partial charge in [-0.05, 0) is 22.0 Å². The summed E-state index contributed by atoms with van der Waals surface area (Å²) in [6.45, 7) is 0. The van der Waals surface area contributed by atoms with Crippen molar-refractivity contribution in [2.45, 2.75) is 4.90 Å². The molecule has 0 atom stereocenters. The number of hydrogen-bond acceptors (Lipinski definition) is 5. The van der Waals surface area contributed by atoms with Crippen molar-refractivity contribution in [2.75, 3.05) is 12.4 Å². The van der Waals surface area contributed by atoms with Gasteiger partial charge in [-0.3, -0.25) is 0 Å². The van der Waals surface area contributed by atoms with Gasteiger partial charge in [-0.1, -0.05) is 11.8 Å². The molecule has 4 nitrogen and oxygen atoms in total. The van der Waals surface area contributed by atoms with E-state index < -0.39 is 0 Å². The minimum Gasteiger partial charge on any atom is -0.466 e. The smallest absolute Gasteiger partial charge is 0.333 e. The average molecular weight is 287 g/mol. The van der Waals surface area contributed by atoms with Gasteiger partial charge in [-0.2, -0.15) is 0 Å². The summed E-state index contributed by atoms with van der Waals surface area (Å²) in [6, 6.07) is 1.94. The Morgan fingerprint density at radius 3 is 3.27 bits per heavy atom. The predicted octanol–water partition coefficient (Wildman–Crippen LogP) is 2.38. The molecule has 1 aromatic rings. The summed E-state index contributed by atoms with van der Waals surface area (Å²) in [4.78, 5) is 16.2. The molecule has 0 aromatic carbocycles. The van der Waals surface area contributed by atoms with Crippen molar-refractivity contribution >= 4 is 39.5 Å². The lowest BCUT2D eigenvalue weighted by atomic mass is 10.4. The highest BCUT2D eigenvalue weighted by atomic mass is 79.9. The Kier molecular flexibility index (Phi) is 2.97. The molecule has 1 aromatic heterocycles. The first-order valence-corrected chi connectivity index (χ1v) is 5.70. The molecule has 2 heterocycles. The second-order valence-corrected chi connectivity index (χ2v) is 4.76. The lowest BCUT2D eigenvalue weighted by Crippen LogP contribution is -1.99. The second-order valence-electron chi connectivity index (χ2n) is 2.76. The van der Waals surface area contributed by atoms with Gasteiger partial charge >= 0.3 is 5.97 Å². The lowest BCUT2D eigenvalue weighted by molar-refractivity contribution is -0.134. The van der Waals surface area contributed by atoms with Gasteiger partial charge in [0.05, 0.1) is 23.1 Å². The van der Waals surface area contributed by atoms with Crippen LogP contribution in [-0.2, 0) is 9.53 Å². The average Bonchev–Trinajstić information content (AvgIpc) is 2.59. The van der Waals surface area contributed by atoms with E-state index >= 15 is 0 Å². The zero-order valence-electron chi connectivity index (χ0n) is 7.78. The molecule has 0 saturated carbocycles. The number of nitrogens with one attached hydrogen (secondary N) is 1. The molecule has 0 bridgehead atoms. The van der Waals surface area contributed by atoms with Gasteiger partial charge in [-0.25, -0.2) is 9.78 Å². The highest BCUT2D eigenvalue weighted by Crippen LogP contribution is 2.40. The third kappa shape index (κ3) is 2.32. The number of nitrogens with zero attached hydrogens (tertiary/aromatic N) is 1. The number of fused-ring (bicyclic) bond motifs is 1. The van der Waals surface area contributed by atoms with Gasteiger partial charge in [0.1, 0.15) is 5.82 Å². The zero-order chi connectivity index (χ0) is 10.8. The van der Waals surface area contributed by atoms with Crippen LogP contribution in [0.2, 0.25) is 0 Å². The van der Waals surface area contributed by atoms with E-state index in [2.05, 4.69) is 31.0 Å². The number of carbonyl (C=O) groups excluding carboxylic acids is 1. The summed E-state index contributed by atoms with van der Waals surface area (Å²) in [5.41, 5.74) is 0. The number of methoxy groups -OCH3 is 1. The van der Waals surface area contributed by atoms with E-state index in [1.807, 2.05) is 6.07 Å². The van der Waals surface area contributed by atoms with Crippen molar-refractivity contribution in [3.63, 3.8) is 0 Å². The normalized spacial score (nSPS) is 16.0. The predicted molar refractivity (Wildman–Crippen MR) is 61.5 cm³/mol. The third-order valence-corrected chi connectivity index (χ3v) is 3.14. The Labute approximate surface area is 99.2 Å². The van der Waals surface area contributed by atoms with Crippen molar-refractivity contribution in [3.8, 4) is 0 Å². The molecule has 0 saturated heterocycles. The first-order chi connectivity index (χ1) is 7.19. The standard InChI is InChI=1S/C9H7BrN2O2S/c1-14-8(13)3-7-12-9-6(15-7)2-5(10)4-11-9/h2-4H,1H3,(H,11,12)/b7-3+. The molecule has 0 amide bonds. The maximum absolute atomic E-state index is 11.0. The van der Waals surface area contributed by atoms with Crippen molar-refractivity contribution in [1.82, 2.24) is 4.98 Å². The number of ether oxygens (including phenoxy) is 1. The molecule has 2 rings (SSSR count). The molecule has 6 heteroatoms. The van der Waals surface area contributed by atoms with Gasteiger partial charge in [0.2, 0.25) is 0 Å². The lowest BCUT2D eigenvalue weighted by Gasteiger charge is -1.96. The van der Waals surface area contributed by atoms with Crippen LogP contribution in [0.1, 0.15) is 0 Å². The summed E-state index contributed by atoms with van der Waals surface area (Å²) in [6.07, 6.45) is 3.10.